The molecule has 4 nitrogen and oxygen atoms in total. The summed E-state index contributed by atoms with van der Waals surface area (Å²) in [6.07, 6.45) is 1.12. The SMILES string of the molecule is CC(C)N[C@H]1CCc2c(ccc(OCc3ccccc3)c2CO)[C@H]1O. The van der Waals surface area contributed by atoms with E-state index in [9.17, 15) is 10.2 Å². The van der Waals surface area contributed by atoms with E-state index in [0.29, 0.717) is 18.4 Å². The molecule has 3 rings (SSSR count). The van der Waals surface area contributed by atoms with Crippen LogP contribution in [0.15, 0.2) is 42.5 Å². The minimum Gasteiger partial charge on any atom is -0.489 e. The Balaban J connectivity index is 1.81. The average molecular weight is 341 g/mol. The molecule has 0 aliphatic heterocycles. The summed E-state index contributed by atoms with van der Waals surface area (Å²) in [5, 5.41) is 24.0. The molecule has 4 heteroatoms. The molecule has 2 aromatic carbocycles. The highest BCUT2D eigenvalue weighted by Gasteiger charge is 2.30. The number of hydrogen-bond acceptors (Lipinski definition) is 4. The van der Waals surface area contributed by atoms with Gasteiger partial charge in [0.05, 0.1) is 12.7 Å². The number of hydrogen-bond donors (Lipinski definition) is 3. The first-order valence-electron chi connectivity index (χ1n) is 8.96. The number of ether oxygens (including phenoxy) is 1. The smallest absolute Gasteiger partial charge is 0.125 e. The van der Waals surface area contributed by atoms with Crippen LogP contribution >= 0.6 is 0 Å². The van der Waals surface area contributed by atoms with Crippen molar-refractivity contribution in [1.82, 2.24) is 5.32 Å². The van der Waals surface area contributed by atoms with Gasteiger partial charge in [-0.05, 0) is 35.6 Å². The zero-order chi connectivity index (χ0) is 17.8. The van der Waals surface area contributed by atoms with Gasteiger partial charge in [-0.2, -0.15) is 0 Å². The highest BCUT2D eigenvalue weighted by molar-refractivity contribution is 5.47. The van der Waals surface area contributed by atoms with Crippen molar-refractivity contribution in [2.24, 2.45) is 0 Å². The topological polar surface area (TPSA) is 61.7 Å². The summed E-state index contributed by atoms with van der Waals surface area (Å²) in [4.78, 5) is 0. The Hall–Kier alpha value is -1.88. The normalized spacial score (nSPS) is 19.7. The molecule has 1 aliphatic rings. The Morgan fingerprint density at radius 2 is 1.92 bits per heavy atom. The highest BCUT2D eigenvalue weighted by Crippen LogP contribution is 2.36. The second-order valence-corrected chi connectivity index (χ2v) is 6.95. The molecule has 0 amide bonds. The van der Waals surface area contributed by atoms with Gasteiger partial charge in [0.25, 0.3) is 0 Å². The summed E-state index contributed by atoms with van der Waals surface area (Å²) in [7, 11) is 0. The second-order valence-electron chi connectivity index (χ2n) is 6.95. The van der Waals surface area contributed by atoms with Gasteiger partial charge in [0, 0.05) is 17.6 Å². The van der Waals surface area contributed by atoms with Crippen LogP contribution in [0.3, 0.4) is 0 Å². The van der Waals surface area contributed by atoms with Crippen LogP contribution in [-0.4, -0.2) is 22.3 Å². The molecule has 0 spiro atoms. The van der Waals surface area contributed by atoms with Gasteiger partial charge in [0.2, 0.25) is 0 Å². The zero-order valence-corrected chi connectivity index (χ0v) is 14.9. The molecule has 2 atom stereocenters. The van der Waals surface area contributed by atoms with Crippen molar-refractivity contribution in [2.75, 3.05) is 0 Å². The Kier molecular flexibility index (Phi) is 5.74. The first-order valence-corrected chi connectivity index (χ1v) is 8.96. The number of nitrogens with one attached hydrogen (secondary N) is 1. The first kappa shape index (κ1) is 17.9. The number of aliphatic hydroxyl groups is 2. The maximum atomic E-state index is 10.7. The fourth-order valence-electron chi connectivity index (χ4n) is 3.58. The van der Waals surface area contributed by atoms with Crippen molar-refractivity contribution in [2.45, 2.75) is 58.1 Å². The van der Waals surface area contributed by atoms with Gasteiger partial charge in [-0.25, -0.2) is 0 Å². The van der Waals surface area contributed by atoms with E-state index in [-0.39, 0.29) is 12.6 Å². The first-order chi connectivity index (χ1) is 12.1. The largest absolute Gasteiger partial charge is 0.489 e. The fraction of sp³-hybridized carbons (Fsp3) is 0.429. The van der Waals surface area contributed by atoms with E-state index < -0.39 is 6.10 Å². The van der Waals surface area contributed by atoms with Crippen LogP contribution in [-0.2, 0) is 19.6 Å². The molecular weight excluding hydrogens is 314 g/mol. The molecule has 1 aliphatic carbocycles. The summed E-state index contributed by atoms with van der Waals surface area (Å²) in [5.74, 6) is 0.701. The van der Waals surface area contributed by atoms with Crippen LogP contribution in [0.4, 0.5) is 0 Å². The Morgan fingerprint density at radius 3 is 2.60 bits per heavy atom. The maximum Gasteiger partial charge on any atom is 0.125 e. The summed E-state index contributed by atoms with van der Waals surface area (Å²) in [6, 6.07) is 14.2. The van der Waals surface area contributed by atoms with Crippen LogP contribution in [0.1, 0.15) is 48.6 Å². The summed E-state index contributed by atoms with van der Waals surface area (Å²) < 4.78 is 5.95. The van der Waals surface area contributed by atoms with Gasteiger partial charge >= 0.3 is 0 Å². The molecule has 25 heavy (non-hydrogen) atoms. The number of benzene rings is 2. The lowest BCUT2D eigenvalue weighted by Gasteiger charge is -2.33. The third-order valence-electron chi connectivity index (χ3n) is 4.77. The molecule has 2 aromatic rings. The van der Waals surface area contributed by atoms with Gasteiger partial charge in [0.1, 0.15) is 12.4 Å². The molecular formula is C21H27NO3. The monoisotopic (exact) mass is 341 g/mol. The van der Waals surface area contributed by atoms with E-state index in [4.69, 9.17) is 4.74 Å². The van der Waals surface area contributed by atoms with Gasteiger partial charge < -0.3 is 20.3 Å². The van der Waals surface area contributed by atoms with Crippen molar-refractivity contribution >= 4 is 0 Å². The predicted octanol–water partition coefficient (Wildman–Crippen LogP) is 3.10. The molecule has 0 radical (unpaired) electrons. The molecule has 0 saturated carbocycles. The van der Waals surface area contributed by atoms with Gasteiger partial charge in [-0.3, -0.25) is 0 Å². The molecule has 0 bridgehead atoms. The highest BCUT2D eigenvalue weighted by atomic mass is 16.5. The van der Waals surface area contributed by atoms with Gasteiger partial charge in [-0.1, -0.05) is 50.2 Å². The molecule has 0 saturated heterocycles. The predicted molar refractivity (Wildman–Crippen MR) is 98.5 cm³/mol. The van der Waals surface area contributed by atoms with E-state index in [1.807, 2.05) is 42.5 Å². The van der Waals surface area contributed by atoms with Gasteiger partial charge in [-0.15, -0.1) is 0 Å². The summed E-state index contributed by atoms with van der Waals surface area (Å²) in [6.45, 7) is 4.55. The van der Waals surface area contributed by atoms with Crippen molar-refractivity contribution in [3.05, 3.63) is 64.7 Å². The van der Waals surface area contributed by atoms with Crippen LogP contribution in [0.25, 0.3) is 0 Å². The van der Waals surface area contributed by atoms with Crippen molar-refractivity contribution in [3.8, 4) is 5.75 Å². The molecule has 3 N–H and O–H groups in total. The van der Waals surface area contributed by atoms with Gasteiger partial charge in [0.15, 0.2) is 0 Å². The van der Waals surface area contributed by atoms with E-state index in [0.717, 1.165) is 35.1 Å². The average Bonchev–Trinajstić information content (AvgIpc) is 2.62. The maximum absolute atomic E-state index is 10.7. The number of aliphatic hydroxyl groups excluding tert-OH is 2. The zero-order valence-electron chi connectivity index (χ0n) is 14.9. The molecule has 0 unspecified atom stereocenters. The quantitative estimate of drug-likeness (QED) is 0.755. The number of rotatable bonds is 6. The third kappa shape index (κ3) is 4.03. The van der Waals surface area contributed by atoms with Crippen LogP contribution < -0.4 is 10.1 Å². The molecule has 0 heterocycles. The standard InChI is InChI=1S/C21H27NO3/c1-14(2)22-19-10-8-16-17(21(19)24)9-11-20(18(16)12-23)25-13-15-6-4-3-5-7-15/h3-7,9,11,14,19,21-24H,8,10,12-13H2,1-2H3/t19-,21+/m0/s1. The van der Waals surface area contributed by atoms with Crippen LogP contribution in [0.2, 0.25) is 0 Å². The minimum absolute atomic E-state index is 0.0510. The molecule has 134 valence electrons. The minimum atomic E-state index is -0.556. The third-order valence-corrected chi connectivity index (χ3v) is 4.77. The van der Waals surface area contributed by atoms with E-state index >= 15 is 0 Å². The Bertz CT molecular complexity index is 700. The van der Waals surface area contributed by atoms with Crippen molar-refractivity contribution < 1.29 is 14.9 Å². The van der Waals surface area contributed by atoms with Crippen molar-refractivity contribution in [3.63, 3.8) is 0 Å². The Labute approximate surface area is 149 Å². The van der Waals surface area contributed by atoms with Crippen molar-refractivity contribution in [1.29, 1.82) is 0 Å². The second kappa shape index (κ2) is 8.00. The molecule has 0 fully saturated rings. The fourth-order valence-corrected chi connectivity index (χ4v) is 3.58. The lowest BCUT2D eigenvalue weighted by molar-refractivity contribution is 0.109. The number of fused-ring (bicyclic) bond motifs is 1. The van der Waals surface area contributed by atoms with E-state index in [1.54, 1.807) is 0 Å². The lowest BCUT2D eigenvalue weighted by Crippen LogP contribution is -2.42. The van der Waals surface area contributed by atoms with Crippen LogP contribution in [0, 0.1) is 0 Å². The Morgan fingerprint density at radius 1 is 1.16 bits per heavy atom. The van der Waals surface area contributed by atoms with Crippen LogP contribution in [0.5, 0.6) is 5.75 Å². The summed E-state index contributed by atoms with van der Waals surface area (Å²) >= 11 is 0. The van der Waals surface area contributed by atoms with E-state index in [1.165, 1.54) is 0 Å². The molecule has 0 aromatic heterocycles. The summed E-state index contributed by atoms with van der Waals surface area (Å²) in [5.41, 5.74) is 3.82. The lowest BCUT2D eigenvalue weighted by atomic mass is 9.83. The van der Waals surface area contributed by atoms with E-state index in [2.05, 4.69) is 19.2 Å².